The number of piperidine rings is 2. The Morgan fingerprint density at radius 2 is 1.79 bits per heavy atom. The van der Waals surface area contributed by atoms with Crippen molar-refractivity contribution in [3.8, 4) is 0 Å². The van der Waals surface area contributed by atoms with Gasteiger partial charge in [-0.15, -0.1) is 0 Å². The van der Waals surface area contributed by atoms with Crippen molar-refractivity contribution in [2.45, 2.75) is 39.0 Å². The van der Waals surface area contributed by atoms with Crippen molar-refractivity contribution >= 4 is 12.0 Å². The molecular weight excluding hydrogens is 244 g/mol. The van der Waals surface area contributed by atoms with Crippen LogP contribution in [0.25, 0.3) is 0 Å². The van der Waals surface area contributed by atoms with Crippen LogP contribution in [-0.4, -0.2) is 53.1 Å². The Balaban J connectivity index is 1.87. The summed E-state index contributed by atoms with van der Waals surface area (Å²) in [5.41, 5.74) is 0. The number of aliphatic carboxylic acids is 1. The zero-order chi connectivity index (χ0) is 13.8. The normalized spacial score (nSPS) is 25.4. The van der Waals surface area contributed by atoms with Gasteiger partial charge in [-0.3, -0.25) is 4.79 Å². The highest BCUT2D eigenvalue weighted by Crippen LogP contribution is 2.23. The number of carboxylic acid groups (broad SMARTS) is 1. The van der Waals surface area contributed by atoms with E-state index in [1.54, 1.807) is 4.90 Å². The molecule has 2 saturated heterocycles. The lowest BCUT2D eigenvalue weighted by Gasteiger charge is -2.38. The van der Waals surface area contributed by atoms with E-state index in [1.807, 2.05) is 4.90 Å². The standard InChI is InChI=1S/C14H24N2O3/c1-2-11-5-8-15(9-6-11)14(19)16-7-3-4-12(10-16)13(17)18/h11-12H,2-10H2,1H3,(H,17,18)/t12-/m0/s1. The molecule has 0 aromatic rings. The van der Waals surface area contributed by atoms with E-state index in [0.29, 0.717) is 19.5 Å². The Morgan fingerprint density at radius 3 is 2.37 bits per heavy atom. The van der Waals surface area contributed by atoms with Crippen LogP contribution in [0.2, 0.25) is 0 Å². The largest absolute Gasteiger partial charge is 0.481 e. The van der Waals surface area contributed by atoms with Gasteiger partial charge in [-0.25, -0.2) is 4.79 Å². The van der Waals surface area contributed by atoms with Crippen molar-refractivity contribution in [2.75, 3.05) is 26.2 Å². The molecule has 2 aliphatic rings. The van der Waals surface area contributed by atoms with Gasteiger partial charge in [0, 0.05) is 26.2 Å². The van der Waals surface area contributed by atoms with E-state index in [-0.39, 0.29) is 11.9 Å². The second-order valence-electron chi connectivity index (χ2n) is 5.74. The monoisotopic (exact) mass is 268 g/mol. The summed E-state index contributed by atoms with van der Waals surface area (Å²) in [5, 5.41) is 9.06. The number of carbonyl (C=O) groups is 2. The molecule has 2 fully saturated rings. The second-order valence-corrected chi connectivity index (χ2v) is 5.74. The number of amides is 2. The van der Waals surface area contributed by atoms with Gasteiger partial charge in [0.25, 0.3) is 0 Å². The maximum absolute atomic E-state index is 12.4. The van der Waals surface area contributed by atoms with Crippen LogP contribution in [0.3, 0.4) is 0 Å². The maximum atomic E-state index is 12.4. The predicted molar refractivity (Wildman–Crippen MR) is 71.9 cm³/mol. The van der Waals surface area contributed by atoms with E-state index in [0.717, 1.165) is 38.3 Å². The van der Waals surface area contributed by atoms with E-state index < -0.39 is 5.97 Å². The molecular formula is C14H24N2O3. The van der Waals surface area contributed by atoms with E-state index in [1.165, 1.54) is 6.42 Å². The Bertz CT molecular complexity index is 338. The summed E-state index contributed by atoms with van der Waals surface area (Å²) in [4.78, 5) is 27.0. The summed E-state index contributed by atoms with van der Waals surface area (Å²) in [6.45, 7) is 4.93. The highest BCUT2D eigenvalue weighted by Gasteiger charge is 2.31. The minimum atomic E-state index is -0.776. The zero-order valence-corrected chi connectivity index (χ0v) is 11.7. The lowest BCUT2D eigenvalue weighted by molar-refractivity contribution is -0.143. The summed E-state index contributed by atoms with van der Waals surface area (Å²) in [5.74, 6) is -0.412. The van der Waals surface area contributed by atoms with Crippen molar-refractivity contribution in [2.24, 2.45) is 11.8 Å². The first-order valence-corrected chi connectivity index (χ1v) is 7.38. The van der Waals surface area contributed by atoms with Crippen molar-refractivity contribution in [3.05, 3.63) is 0 Å². The third-order valence-corrected chi connectivity index (χ3v) is 4.50. The molecule has 0 aliphatic carbocycles. The van der Waals surface area contributed by atoms with Gasteiger partial charge in [0.1, 0.15) is 0 Å². The van der Waals surface area contributed by atoms with Gasteiger partial charge in [0.05, 0.1) is 5.92 Å². The molecule has 5 nitrogen and oxygen atoms in total. The Morgan fingerprint density at radius 1 is 1.11 bits per heavy atom. The molecule has 0 bridgehead atoms. The molecule has 2 amide bonds. The number of likely N-dealkylation sites (tertiary alicyclic amines) is 2. The Hall–Kier alpha value is -1.26. The average molecular weight is 268 g/mol. The quantitative estimate of drug-likeness (QED) is 0.833. The maximum Gasteiger partial charge on any atom is 0.320 e. The predicted octanol–water partition coefficient (Wildman–Crippen LogP) is 2.03. The smallest absolute Gasteiger partial charge is 0.320 e. The number of hydrogen-bond donors (Lipinski definition) is 1. The molecule has 0 spiro atoms. The van der Waals surface area contributed by atoms with Gasteiger partial charge in [-0.2, -0.15) is 0 Å². The van der Waals surface area contributed by atoms with Gasteiger partial charge in [-0.1, -0.05) is 13.3 Å². The van der Waals surface area contributed by atoms with E-state index in [9.17, 15) is 9.59 Å². The van der Waals surface area contributed by atoms with Gasteiger partial charge < -0.3 is 14.9 Å². The van der Waals surface area contributed by atoms with E-state index >= 15 is 0 Å². The van der Waals surface area contributed by atoms with Crippen molar-refractivity contribution in [1.29, 1.82) is 0 Å². The third-order valence-electron chi connectivity index (χ3n) is 4.50. The fraction of sp³-hybridized carbons (Fsp3) is 0.857. The molecule has 0 radical (unpaired) electrons. The minimum Gasteiger partial charge on any atom is -0.481 e. The lowest BCUT2D eigenvalue weighted by Crippen LogP contribution is -2.50. The SMILES string of the molecule is CCC1CCN(C(=O)N2CCC[C@H](C(=O)O)C2)CC1. The minimum absolute atomic E-state index is 0.0421. The number of hydrogen-bond acceptors (Lipinski definition) is 2. The molecule has 0 aromatic heterocycles. The molecule has 108 valence electrons. The Labute approximate surface area is 114 Å². The van der Waals surface area contributed by atoms with Crippen LogP contribution >= 0.6 is 0 Å². The lowest BCUT2D eigenvalue weighted by atomic mass is 9.94. The molecule has 2 aliphatic heterocycles. The molecule has 5 heteroatoms. The number of nitrogens with zero attached hydrogens (tertiary/aromatic N) is 2. The summed E-state index contributed by atoms with van der Waals surface area (Å²) in [6, 6.07) is 0.0421. The average Bonchev–Trinajstić information content (AvgIpc) is 2.46. The first-order chi connectivity index (χ1) is 9.11. The van der Waals surface area contributed by atoms with Gasteiger partial charge in [0.2, 0.25) is 0 Å². The number of rotatable bonds is 2. The fourth-order valence-corrected chi connectivity index (χ4v) is 3.08. The summed E-state index contributed by atoms with van der Waals surface area (Å²) in [6.07, 6.45) is 4.84. The molecule has 1 N–H and O–H groups in total. The van der Waals surface area contributed by atoms with Gasteiger partial charge in [0.15, 0.2) is 0 Å². The van der Waals surface area contributed by atoms with Crippen LogP contribution < -0.4 is 0 Å². The zero-order valence-electron chi connectivity index (χ0n) is 11.7. The molecule has 2 heterocycles. The van der Waals surface area contributed by atoms with Crippen molar-refractivity contribution in [3.63, 3.8) is 0 Å². The number of carbonyl (C=O) groups excluding carboxylic acids is 1. The fourth-order valence-electron chi connectivity index (χ4n) is 3.08. The third kappa shape index (κ3) is 3.39. The molecule has 19 heavy (non-hydrogen) atoms. The van der Waals surface area contributed by atoms with Crippen LogP contribution in [0.1, 0.15) is 39.0 Å². The molecule has 0 aromatic carbocycles. The van der Waals surface area contributed by atoms with Gasteiger partial charge >= 0.3 is 12.0 Å². The van der Waals surface area contributed by atoms with Crippen LogP contribution in [0, 0.1) is 11.8 Å². The van der Waals surface area contributed by atoms with Gasteiger partial charge in [-0.05, 0) is 31.6 Å². The van der Waals surface area contributed by atoms with E-state index in [4.69, 9.17) is 5.11 Å². The summed E-state index contributed by atoms with van der Waals surface area (Å²) in [7, 11) is 0. The highest BCUT2D eigenvalue weighted by atomic mass is 16.4. The van der Waals surface area contributed by atoms with Crippen molar-refractivity contribution in [1.82, 2.24) is 9.80 Å². The molecule has 1 atom stereocenters. The highest BCUT2D eigenvalue weighted by molar-refractivity contribution is 5.76. The second kappa shape index (κ2) is 6.26. The molecule has 0 saturated carbocycles. The first kappa shape index (κ1) is 14.2. The van der Waals surface area contributed by atoms with Crippen LogP contribution in [0.5, 0.6) is 0 Å². The van der Waals surface area contributed by atoms with E-state index in [2.05, 4.69) is 6.92 Å². The number of urea groups is 1. The summed E-state index contributed by atoms with van der Waals surface area (Å²) < 4.78 is 0. The van der Waals surface area contributed by atoms with Crippen LogP contribution in [-0.2, 0) is 4.79 Å². The first-order valence-electron chi connectivity index (χ1n) is 7.38. The summed E-state index contributed by atoms with van der Waals surface area (Å²) >= 11 is 0. The topological polar surface area (TPSA) is 60.9 Å². The number of carboxylic acids is 1. The van der Waals surface area contributed by atoms with Crippen LogP contribution in [0.4, 0.5) is 4.79 Å². The molecule has 2 rings (SSSR count). The van der Waals surface area contributed by atoms with Crippen LogP contribution in [0.15, 0.2) is 0 Å². The molecule has 0 unspecified atom stereocenters. The van der Waals surface area contributed by atoms with Crippen molar-refractivity contribution < 1.29 is 14.7 Å². The Kier molecular flexibility index (Phi) is 4.66.